The normalized spacial score (nSPS) is 33.2. The van der Waals surface area contributed by atoms with Gasteiger partial charge in [-0.3, -0.25) is 4.79 Å². The first-order valence-corrected chi connectivity index (χ1v) is 7.01. The highest BCUT2D eigenvalue weighted by Gasteiger charge is 2.52. The minimum absolute atomic E-state index is 0.214. The van der Waals surface area contributed by atoms with Crippen LogP contribution in [0.25, 0.3) is 0 Å². The maximum atomic E-state index is 12.6. The fourth-order valence-electron chi connectivity index (χ4n) is 3.81. The first kappa shape index (κ1) is 11.9. The largest absolute Gasteiger partial charge is 0.387 e. The van der Waals surface area contributed by atoms with E-state index in [1.165, 1.54) is 0 Å². The van der Waals surface area contributed by atoms with Gasteiger partial charge in [0.25, 0.3) is 0 Å². The van der Waals surface area contributed by atoms with E-state index < -0.39 is 11.5 Å². The minimum Gasteiger partial charge on any atom is -0.387 e. The summed E-state index contributed by atoms with van der Waals surface area (Å²) in [5.41, 5.74) is 0.413. The van der Waals surface area contributed by atoms with Crippen LogP contribution in [-0.4, -0.2) is 10.9 Å². The molecular weight excluding hydrogens is 224 g/mol. The van der Waals surface area contributed by atoms with Crippen molar-refractivity contribution in [1.29, 1.82) is 0 Å². The van der Waals surface area contributed by atoms with E-state index in [4.69, 9.17) is 0 Å². The number of Topliss-reactive ketones (excluding diaryl/α,β-unsaturated/α-hetero) is 1. The molecule has 2 heteroatoms. The van der Waals surface area contributed by atoms with E-state index in [1.54, 1.807) is 0 Å². The Morgan fingerprint density at radius 1 is 1.11 bits per heavy atom. The molecule has 1 aromatic carbocycles. The molecule has 96 valence electrons. The van der Waals surface area contributed by atoms with E-state index >= 15 is 0 Å². The Balaban J connectivity index is 1.96. The quantitative estimate of drug-likeness (QED) is 0.867. The van der Waals surface area contributed by atoms with Crippen molar-refractivity contribution in [1.82, 2.24) is 0 Å². The Kier molecular flexibility index (Phi) is 2.98. The lowest BCUT2D eigenvalue weighted by molar-refractivity contribution is -0.135. The van der Waals surface area contributed by atoms with Crippen LogP contribution in [0.2, 0.25) is 0 Å². The lowest BCUT2D eigenvalue weighted by Crippen LogP contribution is -2.34. The summed E-state index contributed by atoms with van der Waals surface area (Å²) in [5, 5.41) is 10.7. The van der Waals surface area contributed by atoms with E-state index in [2.05, 4.69) is 0 Å². The average Bonchev–Trinajstić information content (AvgIpc) is 2.60. The second kappa shape index (κ2) is 4.51. The van der Waals surface area contributed by atoms with Crippen LogP contribution in [0, 0.1) is 11.3 Å². The number of aliphatic hydroxyl groups excluding tert-OH is 1. The van der Waals surface area contributed by atoms with Crippen molar-refractivity contribution in [3.8, 4) is 0 Å². The smallest absolute Gasteiger partial charge is 0.145 e. The van der Waals surface area contributed by atoms with Crippen LogP contribution in [0.1, 0.15) is 50.2 Å². The standard InChI is InChI=1S/C16H20O2/c17-14(12-6-2-1-3-7-12)16-10-5-4-8-13(9-11-16)15(16)18/h1-3,6-7,13-14,17H,4-5,8-11H2/t13-,14-,16+/m1/s1. The number of aliphatic hydroxyl groups is 1. The summed E-state index contributed by atoms with van der Waals surface area (Å²) >= 11 is 0. The molecule has 2 aliphatic rings. The molecule has 0 spiro atoms. The van der Waals surface area contributed by atoms with Crippen molar-refractivity contribution in [2.75, 3.05) is 0 Å². The minimum atomic E-state index is -0.616. The van der Waals surface area contributed by atoms with Gasteiger partial charge in [-0.05, 0) is 31.2 Å². The number of rotatable bonds is 2. The summed E-state index contributed by atoms with van der Waals surface area (Å²) in [7, 11) is 0. The van der Waals surface area contributed by atoms with E-state index in [0.717, 1.165) is 44.1 Å². The Labute approximate surface area is 108 Å². The van der Waals surface area contributed by atoms with Gasteiger partial charge < -0.3 is 5.11 Å². The first-order chi connectivity index (χ1) is 8.74. The molecule has 2 nitrogen and oxygen atoms in total. The van der Waals surface area contributed by atoms with Crippen molar-refractivity contribution < 1.29 is 9.90 Å². The van der Waals surface area contributed by atoms with Crippen molar-refractivity contribution >= 4 is 5.78 Å². The fourth-order valence-corrected chi connectivity index (χ4v) is 3.81. The zero-order valence-electron chi connectivity index (χ0n) is 10.6. The Morgan fingerprint density at radius 3 is 2.67 bits per heavy atom. The molecule has 3 rings (SSSR count). The van der Waals surface area contributed by atoms with Gasteiger partial charge in [-0.1, -0.05) is 43.2 Å². The summed E-state index contributed by atoms with van der Waals surface area (Å²) in [6, 6.07) is 9.68. The Hall–Kier alpha value is -1.15. The van der Waals surface area contributed by atoms with E-state index in [9.17, 15) is 9.90 Å². The summed E-state index contributed by atoms with van der Waals surface area (Å²) < 4.78 is 0. The lowest BCUT2D eigenvalue weighted by Gasteiger charge is -2.32. The molecule has 1 N–H and O–H groups in total. The van der Waals surface area contributed by atoms with Crippen molar-refractivity contribution in [3.05, 3.63) is 35.9 Å². The van der Waals surface area contributed by atoms with Crippen LogP contribution in [0.5, 0.6) is 0 Å². The number of fused-ring (bicyclic) bond motifs is 2. The van der Waals surface area contributed by atoms with Gasteiger partial charge in [-0.25, -0.2) is 0 Å². The Bertz CT molecular complexity index is 440. The summed E-state index contributed by atoms with van der Waals surface area (Å²) in [5.74, 6) is 0.544. The molecule has 2 bridgehead atoms. The zero-order valence-corrected chi connectivity index (χ0v) is 10.6. The number of ketones is 1. The lowest BCUT2D eigenvalue weighted by atomic mass is 9.73. The van der Waals surface area contributed by atoms with Gasteiger partial charge in [-0.2, -0.15) is 0 Å². The van der Waals surface area contributed by atoms with Crippen LogP contribution in [0.15, 0.2) is 30.3 Å². The van der Waals surface area contributed by atoms with Gasteiger partial charge >= 0.3 is 0 Å². The first-order valence-electron chi connectivity index (χ1n) is 7.01. The van der Waals surface area contributed by atoms with Gasteiger partial charge in [0.05, 0.1) is 11.5 Å². The third kappa shape index (κ3) is 1.71. The fraction of sp³-hybridized carbons (Fsp3) is 0.562. The third-order valence-electron chi connectivity index (χ3n) is 4.86. The van der Waals surface area contributed by atoms with Crippen molar-refractivity contribution in [2.24, 2.45) is 11.3 Å². The molecule has 2 saturated carbocycles. The SMILES string of the molecule is O=C1[C@@H]2CCCC[C@@]1([C@H](O)c1ccccc1)CC2. The monoisotopic (exact) mass is 244 g/mol. The highest BCUT2D eigenvalue weighted by Crippen LogP contribution is 2.53. The molecule has 0 radical (unpaired) electrons. The zero-order chi connectivity index (χ0) is 12.6. The molecular formula is C16H20O2. The second-order valence-electron chi connectivity index (χ2n) is 5.81. The molecule has 18 heavy (non-hydrogen) atoms. The van der Waals surface area contributed by atoms with Crippen LogP contribution in [0.3, 0.4) is 0 Å². The predicted molar refractivity (Wildman–Crippen MR) is 70.0 cm³/mol. The maximum Gasteiger partial charge on any atom is 0.145 e. The molecule has 0 saturated heterocycles. The van der Waals surface area contributed by atoms with Crippen LogP contribution in [0.4, 0.5) is 0 Å². The number of hydrogen-bond donors (Lipinski definition) is 1. The summed E-state index contributed by atoms with van der Waals surface area (Å²) in [6.07, 6.45) is 5.33. The number of carbonyl (C=O) groups is 1. The van der Waals surface area contributed by atoms with Crippen molar-refractivity contribution in [3.63, 3.8) is 0 Å². The number of hydrogen-bond acceptors (Lipinski definition) is 2. The van der Waals surface area contributed by atoms with Gasteiger partial charge in [-0.15, -0.1) is 0 Å². The number of benzene rings is 1. The predicted octanol–water partition coefficient (Wildman–Crippen LogP) is 3.26. The molecule has 0 aromatic heterocycles. The average molecular weight is 244 g/mol. The molecule has 2 fully saturated rings. The summed E-state index contributed by atoms with van der Waals surface area (Å²) in [6.45, 7) is 0. The molecule has 3 atom stereocenters. The van der Waals surface area contributed by atoms with Gasteiger partial charge in [0.1, 0.15) is 5.78 Å². The van der Waals surface area contributed by atoms with E-state index in [1.807, 2.05) is 30.3 Å². The highest BCUT2D eigenvalue weighted by atomic mass is 16.3. The van der Waals surface area contributed by atoms with Crippen LogP contribution >= 0.6 is 0 Å². The van der Waals surface area contributed by atoms with Crippen molar-refractivity contribution in [2.45, 2.75) is 44.6 Å². The second-order valence-corrected chi connectivity index (χ2v) is 5.81. The molecule has 2 aliphatic carbocycles. The topological polar surface area (TPSA) is 37.3 Å². The molecule has 0 amide bonds. The molecule has 1 aromatic rings. The maximum absolute atomic E-state index is 12.6. The van der Waals surface area contributed by atoms with E-state index in [0.29, 0.717) is 5.78 Å². The molecule has 0 unspecified atom stereocenters. The Morgan fingerprint density at radius 2 is 1.89 bits per heavy atom. The highest BCUT2D eigenvalue weighted by molar-refractivity contribution is 5.90. The van der Waals surface area contributed by atoms with Gasteiger partial charge in [0.15, 0.2) is 0 Å². The molecule has 0 aliphatic heterocycles. The third-order valence-corrected chi connectivity index (χ3v) is 4.86. The van der Waals surface area contributed by atoms with Crippen LogP contribution in [-0.2, 0) is 4.79 Å². The van der Waals surface area contributed by atoms with Gasteiger partial charge in [0.2, 0.25) is 0 Å². The van der Waals surface area contributed by atoms with Crippen LogP contribution < -0.4 is 0 Å². The summed E-state index contributed by atoms with van der Waals surface area (Å²) in [4.78, 5) is 12.6. The molecule has 0 heterocycles. The van der Waals surface area contributed by atoms with Gasteiger partial charge in [0, 0.05) is 5.92 Å². The van der Waals surface area contributed by atoms with E-state index in [-0.39, 0.29) is 5.92 Å². The number of carbonyl (C=O) groups excluding carboxylic acids is 1.